The van der Waals surface area contributed by atoms with Crippen molar-refractivity contribution in [2.45, 2.75) is 19.3 Å². The van der Waals surface area contributed by atoms with E-state index in [1.807, 2.05) is 12.3 Å². The summed E-state index contributed by atoms with van der Waals surface area (Å²) in [6.45, 7) is 1.82. The number of benzene rings is 1. The Morgan fingerprint density at radius 3 is 2.41 bits per heavy atom. The molecule has 1 fully saturated rings. The van der Waals surface area contributed by atoms with Gasteiger partial charge in [0.05, 0.1) is 38.6 Å². The molecule has 0 unspecified atom stereocenters. The van der Waals surface area contributed by atoms with Crippen LogP contribution in [0, 0.1) is 5.92 Å². The van der Waals surface area contributed by atoms with Gasteiger partial charge in [-0.3, -0.25) is 9.97 Å². The molecule has 1 saturated heterocycles. The average Bonchev–Trinajstić information content (AvgIpc) is 2.78. The van der Waals surface area contributed by atoms with Crippen molar-refractivity contribution in [1.82, 2.24) is 20.2 Å². The van der Waals surface area contributed by atoms with E-state index in [1.165, 1.54) is 0 Å². The number of rotatable bonds is 6. The second-order valence-corrected chi connectivity index (χ2v) is 7.11. The zero-order chi connectivity index (χ0) is 20.2. The summed E-state index contributed by atoms with van der Waals surface area (Å²) in [5, 5.41) is 10.5. The molecule has 1 aliphatic heterocycles. The van der Waals surface area contributed by atoms with E-state index in [1.54, 1.807) is 39.9 Å². The molecule has 0 amide bonds. The first kappa shape index (κ1) is 19.2. The van der Waals surface area contributed by atoms with Gasteiger partial charge in [-0.25, -0.2) is 0 Å². The topological polar surface area (TPSA) is 82.5 Å². The maximum absolute atomic E-state index is 5.61. The van der Waals surface area contributed by atoms with E-state index in [0.29, 0.717) is 23.2 Å². The predicted octanol–water partition coefficient (Wildman–Crippen LogP) is 2.90. The van der Waals surface area contributed by atoms with Crippen molar-refractivity contribution in [2.24, 2.45) is 5.92 Å². The van der Waals surface area contributed by atoms with Crippen molar-refractivity contribution in [3.05, 3.63) is 36.5 Å². The molecule has 0 radical (unpaired) electrons. The fourth-order valence-electron chi connectivity index (χ4n) is 4.00. The van der Waals surface area contributed by atoms with Crippen LogP contribution < -0.4 is 19.1 Å². The molecular weight excluding hydrogens is 370 g/mol. The monoisotopic (exact) mass is 395 g/mol. The standard InChI is InChI=1S/C21H25N5O3/c1-27-18-11-16-17(19(28-2)20(18)29-3)13-24-25-21(16)26-8-4-14(5-9-26)10-15-12-22-6-7-23-15/h6-7,11-14H,4-5,8-10H2,1-3H3. The average molecular weight is 395 g/mol. The van der Waals surface area contributed by atoms with Crippen molar-refractivity contribution >= 4 is 16.6 Å². The lowest BCUT2D eigenvalue weighted by atomic mass is 9.92. The molecule has 8 nitrogen and oxygen atoms in total. The molecule has 2 aromatic heterocycles. The zero-order valence-corrected chi connectivity index (χ0v) is 17.0. The van der Waals surface area contributed by atoms with E-state index in [-0.39, 0.29) is 0 Å². The lowest BCUT2D eigenvalue weighted by Gasteiger charge is -2.33. The molecule has 152 valence electrons. The molecule has 1 aromatic carbocycles. The molecule has 3 aromatic rings. The second kappa shape index (κ2) is 8.46. The molecular formula is C21H25N5O3. The van der Waals surface area contributed by atoms with Crippen molar-refractivity contribution in [1.29, 1.82) is 0 Å². The van der Waals surface area contributed by atoms with Gasteiger partial charge in [-0.15, -0.1) is 5.10 Å². The Morgan fingerprint density at radius 1 is 0.966 bits per heavy atom. The molecule has 29 heavy (non-hydrogen) atoms. The van der Waals surface area contributed by atoms with Gasteiger partial charge >= 0.3 is 0 Å². The summed E-state index contributed by atoms with van der Waals surface area (Å²) in [5.74, 6) is 3.22. The summed E-state index contributed by atoms with van der Waals surface area (Å²) >= 11 is 0. The Kier molecular flexibility index (Phi) is 5.59. The smallest absolute Gasteiger partial charge is 0.204 e. The number of fused-ring (bicyclic) bond motifs is 1. The highest BCUT2D eigenvalue weighted by atomic mass is 16.5. The molecule has 0 spiro atoms. The number of anilines is 1. The third-order valence-electron chi connectivity index (χ3n) is 5.48. The molecule has 8 heteroatoms. The minimum atomic E-state index is 0.559. The van der Waals surface area contributed by atoms with E-state index in [9.17, 15) is 0 Å². The highest BCUT2D eigenvalue weighted by molar-refractivity contribution is 5.99. The van der Waals surface area contributed by atoms with Gasteiger partial charge in [0.25, 0.3) is 0 Å². The lowest BCUT2D eigenvalue weighted by molar-refractivity contribution is 0.327. The minimum Gasteiger partial charge on any atom is -0.493 e. The van der Waals surface area contributed by atoms with Crippen LogP contribution in [0.25, 0.3) is 10.8 Å². The summed E-state index contributed by atoms with van der Waals surface area (Å²) < 4.78 is 16.6. The van der Waals surface area contributed by atoms with E-state index in [0.717, 1.165) is 54.6 Å². The highest BCUT2D eigenvalue weighted by Crippen LogP contribution is 2.45. The summed E-state index contributed by atoms with van der Waals surface area (Å²) in [7, 11) is 4.84. The highest BCUT2D eigenvalue weighted by Gasteiger charge is 2.25. The van der Waals surface area contributed by atoms with Crippen molar-refractivity contribution in [3.63, 3.8) is 0 Å². The SMILES string of the molecule is COc1cc2c(N3CCC(Cc4cnccn4)CC3)nncc2c(OC)c1OC. The first-order chi connectivity index (χ1) is 14.2. The molecule has 0 bridgehead atoms. The Labute approximate surface area is 169 Å². The van der Waals surface area contributed by atoms with Crippen LogP contribution >= 0.6 is 0 Å². The predicted molar refractivity (Wildman–Crippen MR) is 110 cm³/mol. The van der Waals surface area contributed by atoms with Crippen molar-refractivity contribution < 1.29 is 14.2 Å². The maximum atomic E-state index is 5.61. The summed E-state index contributed by atoms with van der Waals surface area (Å²) in [4.78, 5) is 10.9. The van der Waals surface area contributed by atoms with Crippen LogP contribution in [0.15, 0.2) is 30.9 Å². The maximum Gasteiger partial charge on any atom is 0.204 e. The molecule has 0 saturated carbocycles. The van der Waals surface area contributed by atoms with Crippen LogP contribution in [0.2, 0.25) is 0 Å². The molecule has 0 N–H and O–H groups in total. The van der Waals surface area contributed by atoms with Gasteiger partial charge in [0.1, 0.15) is 0 Å². The summed E-state index contributed by atoms with van der Waals surface area (Å²) in [6.07, 6.45) is 10.1. The van der Waals surface area contributed by atoms with Gasteiger partial charge in [-0.2, -0.15) is 5.10 Å². The fraction of sp³-hybridized carbons (Fsp3) is 0.429. The number of hydrogen-bond acceptors (Lipinski definition) is 8. The number of methoxy groups -OCH3 is 3. The second-order valence-electron chi connectivity index (χ2n) is 7.11. The van der Waals surface area contributed by atoms with Crippen LogP contribution in [0.3, 0.4) is 0 Å². The van der Waals surface area contributed by atoms with Gasteiger partial charge < -0.3 is 19.1 Å². The first-order valence-corrected chi connectivity index (χ1v) is 9.69. The van der Waals surface area contributed by atoms with Crippen LogP contribution in [-0.2, 0) is 6.42 Å². The number of piperidine rings is 1. The van der Waals surface area contributed by atoms with Crippen LogP contribution in [0.1, 0.15) is 18.5 Å². The van der Waals surface area contributed by atoms with Gasteiger partial charge in [0.15, 0.2) is 17.3 Å². The number of ether oxygens (including phenoxy) is 3. The van der Waals surface area contributed by atoms with Crippen molar-refractivity contribution in [3.8, 4) is 17.2 Å². The number of aromatic nitrogens is 4. The molecule has 0 atom stereocenters. The Hall–Kier alpha value is -3.16. The minimum absolute atomic E-state index is 0.559. The fourth-order valence-corrected chi connectivity index (χ4v) is 4.00. The zero-order valence-electron chi connectivity index (χ0n) is 17.0. The summed E-state index contributed by atoms with van der Waals surface area (Å²) in [6, 6.07) is 1.95. The van der Waals surface area contributed by atoms with Gasteiger partial charge in [-0.1, -0.05) is 0 Å². The number of hydrogen-bond donors (Lipinski definition) is 0. The summed E-state index contributed by atoms with van der Waals surface area (Å²) in [5.41, 5.74) is 1.05. The molecule has 0 aliphatic carbocycles. The van der Waals surface area contributed by atoms with Gasteiger partial charge in [-0.05, 0) is 31.2 Å². The Bertz CT molecular complexity index is 975. The van der Waals surface area contributed by atoms with Gasteiger partial charge in [0, 0.05) is 37.1 Å². The van der Waals surface area contributed by atoms with E-state index < -0.39 is 0 Å². The largest absolute Gasteiger partial charge is 0.493 e. The molecule has 4 rings (SSSR count). The third-order valence-corrected chi connectivity index (χ3v) is 5.48. The van der Waals surface area contributed by atoms with E-state index >= 15 is 0 Å². The number of nitrogens with zero attached hydrogens (tertiary/aromatic N) is 5. The van der Waals surface area contributed by atoms with Gasteiger partial charge in [0.2, 0.25) is 5.75 Å². The van der Waals surface area contributed by atoms with Crippen LogP contribution in [-0.4, -0.2) is 54.6 Å². The Balaban J connectivity index is 1.60. The first-order valence-electron chi connectivity index (χ1n) is 9.69. The van der Waals surface area contributed by atoms with E-state index in [4.69, 9.17) is 14.2 Å². The van der Waals surface area contributed by atoms with Crippen LogP contribution in [0.4, 0.5) is 5.82 Å². The normalized spacial score (nSPS) is 14.8. The molecule has 3 heterocycles. The lowest BCUT2D eigenvalue weighted by Crippen LogP contribution is -2.35. The van der Waals surface area contributed by atoms with Crippen molar-refractivity contribution in [2.75, 3.05) is 39.3 Å². The third kappa shape index (κ3) is 3.74. The quantitative estimate of drug-likeness (QED) is 0.630. The Morgan fingerprint density at radius 2 is 1.76 bits per heavy atom. The molecule has 1 aliphatic rings. The van der Waals surface area contributed by atoms with Crippen LogP contribution in [0.5, 0.6) is 17.2 Å². The van der Waals surface area contributed by atoms with E-state index in [2.05, 4.69) is 25.1 Å².